The summed E-state index contributed by atoms with van der Waals surface area (Å²) < 4.78 is 10.1. The third kappa shape index (κ3) is 5.38. The monoisotopic (exact) mass is 594 g/mol. The van der Waals surface area contributed by atoms with Gasteiger partial charge in [0.2, 0.25) is 0 Å². The minimum Gasteiger partial charge on any atom is -0.469 e. The van der Waals surface area contributed by atoms with Gasteiger partial charge in [-0.05, 0) is 86.6 Å². The predicted octanol–water partition coefficient (Wildman–Crippen LogP) is 7.64. The number of hydrogen-bond donors (Lipinski definition) is 2. The van der Waals surface area contributed by atoms with Gasteiger partial charge in [-0.2, -0.15) is 0 Å². The van der Waals surface area contributed by atoms with Crippen LogP contribution in [0.3, 0.4) is 0 Å². The van der Waals surface area contributed by atoms with Gasteiger partial charge in [0.05, 0.1) is 37.7 Å². The summed E-state index contributed by atoms with van der Waals surface area (Å²) in [5.74, 6) is -0.795. The van der Waals surface area contributed by atoms with E-state index in [4.69, 9.17) is 19.4 Å². The molecule has 0 amide bonds. The van der Waals surface area contributed by atoms with Crippen LogP contribution >= 0.6 is 0 Å². The number of methoxy groups -OCH3 is 2. The van der Waals surface area contributed by atoms with Crippen molar-refractivity contribution in [3.63, 3.8) is 0 Å². The Kier molecular flexibility index (Phi) is 8.64. The molecule has 0 aliphatic carbocycles. The quantitative estimate of drug-likeness (QED) is 0.272. The molecule has 5 heterocycles. The lowest BCUT2D eigenvalue weighted by Gasteiger charge is -2.18. The van der Waals surface area contributed by atoms with E-state index in [0.29, 0.717) is 6.42 Å². The number of carbonyl (C=O) groups is 2. The van der Waals surface area contributed by atoms with E-state index in [-0.39, 0.29) is 36.6 Å². The lowest BCUT2D eigenvalue weighted by molar-refractivity contribution is -0.141. The number of ether oxygens (including phenoxy) is 2. The highest BCUT2D eigenvalue weighted by molar-refractivity contribution is 5.93. The first-order valence-electron chi connectivity index (χ1n) is 15.2. The largest absolute Gasteiger partial charge is 0.469 e. The molecule has 0 unspecified atom stereocenters. The van der Waals surface area contributed by atoms with Crippen LogP contribution in [0.1, 0.15) is 103 Å². The van der Waals surface area contributed by atoms with E-state index in [1.54, 1.807) is 0 Å². The Morgan fingerprint density at radius 2 is 1.57 bits per heavy atom. The fourth-order valence-electron chi connectivity index (χ4n) is 6.59. The van der Waals surface area contributed by atoms with Crippen molar-refractivity contribution in [2.45, 2.75) is 79.1 Å². The molecule has 2 atom stereocenters. The van der Waals surface area contributed by atoms with Gasteiger partial charge in [-0.1, -0.05) is 26.5 Å². The minimum absolute atomic E-state index is 0.0218. The summed E-state index contributed by atoms with van der Waals surface area (Å²) in [6.45, 7) is 16.7. The number of nitrogens with one attached hydrogen (secondary N) is 2. The molecule has 2 N–H and O–H groups in total. The predicted molar refractivity (Wildman–Crippen MR) is 176 cm³/mol. The first kappa shape index (κ1) is 31.0. The lowest BCUT2D eigenvalue weighted by atomic mass is 9.84. The summed E-state index contributed by atoms with van der Waals surface area (Å²) >= 11 is 0. The molecule has 2 aliphatic heterocycles. The first-order valence-corrected chi connectivity index (χ1v) is 15.2. The summed E-state index contributed by atoms with van der Waals surface area (Å²) in [4.78, 5) is 42.8. The standard InChI is InChI=1S/C36H42N4O4/c1-10-23-20(5)28-15-30-22(7)25(12-13-33(41)43-8)36(40-30)26(14-34(42)44-9)35-19(4)18(3)27(39-35)16-31-24(11-2)21(6)29(38-31)17-32(23)37-28/h10,15-17,22,25,37-38H,1,11-14H2,2-9H3/t22-,25-/m0/s1. The van der Waals surface area contributed by atoms with Gasteiger partial charge in [0, 0.05) is 57.1 Å². The van der Waals surface area contributed by atoms with Gasteiger partial charge in [-0.25, -0.2) is 4.98 Å². The van der Waals surface area contributed by atoms with Crippen molar-refractivity contribution in [2.75, 3.05) is 14.2 Å². The van der Waals surface area contributed by atoms with Crippen molar-refractivity contribution < 1.29 is 19.1 Å². The van der Waals surface area contributed by atoms with Crippen LogP contribution in [0.5, 0.6) is 0 Å². The second-order valence-corrected chi connectivity index (χ2v) is 11.8. The molecule has 0 fully saturated rings. The number of aromatic amines is 2. The van der Waals surface area contributed by atoms with Gasteiger partial charge >= 0.3 is 11.9 Å². The van der Waals surface area contributed by atoms with E-state index in [1.165, 1.54) is 25.3 Å². The molecule has 0 aromatic carbocycles. The third-order valence-electron chi connectivity index (χ3n) is 9.47. The maximum Gasteiger partial charge on any atom is 0.310 e. The topological polar surface area (TPSA) is 110 Å². The van der Waals surface area contributed by atoms with Gasteiger partial charge in [0.25, 0.3) is 0 Å². The number of nitrogens with zero attached hydrogens (tertiary/aromatic N) is 2. The van der Waals surface area contributed by atoms with Crippen molar-refractivity contribution in [3.8, 4) is 0 Å². The van der Waals surface area contributed by atoms with Gasteiger partial charge in [0.1, 0.15) is 0 Å². The second kappa shape index (κ2) is 12.3. The zero-order valence-electron chi connectivity index (χ0n) is 27.0. The number of allylic oxidation sites excluding steroid dienone is 2. The molecular weight excluding hydrogens is 552 g/mol. The number of rotatable bonds is 7. The molecule has 3 aromatic heterocycles. The molecule has 44 heavy (non-hydrogen) atoms. The number of H-pyrrole nitrogens is 2. The SMILES string of the molecule is C=Cc1c(C)c2cc3nc(c(CC(=O)OC)c4nc(cc5[nH]c(cc1[nH]2)c(C)c5CC)C(C)=C4C)[C@@H](CCC(=O)OC)[C@@H]3C. The van der Waals surface area contributed by atoms with Crippen molar-refractivity contribution >= 4 is 51.2 Å². The number of hydrogen-bond acceptors (Lipinski definition) is 6. The van der Waals surface area contributed by atoms with Crippen LogP contribution in [-0.4, -0.2) is 46.1 Å². The first-order chi connectivity index (χ1) is 21.0. The van der Waals surface area contributed by atoms with E-state index < -0.39 is 0 Å². The highest BCUT2D eigenvalue weighted by atomic mass is 16.5. The van der Waals surface area contributed by atoms with E-state index in [0.717, 1.165) is 79.1 Å². The molecule has 5 rings (SSSR count). The summed E-state index contributed by atoms with van der Waals surface area (Å²) in [6, 6.07) is 6.35. The summed E-state index contributed by atoms with van der Waals surface area (Å²) in [5.41, 5.74) is 14.5. The molecule has 8 nitrogen and oxygen atoms in total. The van der Waals surface area contributed by atoms with Crippen molar-refractivity contribution in [1.29, 1.82) is 0 Å². The Morgan fingerprint density at radius 3 is 2.23 bits per heavy atom. The summed E-state index contributed by atoms with van der Waals surface area (Å²) in [6.07, 6.45) is 3.53. The summed E-state index contributed by atoms with van der Waals surface area (Å²) in [5, 5.41) is 0. The van der Waals surface area contributed by atoms with E-state index in [9.17, 15) is 9.59 Å². The van der Waals surface area contributed by atoms with Gasteiger partial charge in [-0.15, -0.1) is 0 Å². The zero-order valence-corrected chi connectivity index (χ0v) is 27.0. The fourth-order valence-corrected chi connectivity index (χ4v) is 6.59. The maximum atomic E-state index is 12.9. The molecule has 3 aromatic rings. The van der Waals surface area contributed by atoms with Crippen LogP contribution < -0.4 is 0 Å². The van der Waals surface area contributed by atoms with E-state index >= 15 is 0 Å². The average molecular weight is 595 g/mol. The van der Waals surface area contributed by atoms with Crippen LogP contribution in [0.4, 0.5) is 0 Å². The van der Waals surface area contributed by atoms with Crippen molar-refractivity contribution in [3.05, 3.63) is 75.4 Å². The summed E-state index contributed by atoms with van der Waals surface area (Å²) in [7, 11) is 2.79. The number of aromatic nitrogens is 4. The Morgan fingerprint density at radius 1 is 0.886 bits per heavy atom. The molecule has 0 saturated heterocycles. The normalized spacial score (nSPS) is 16.3. The van der Waals surface area contributed by atoms with E-state index in [2.05, 4.69) is 69.4 Å². The zero-order chi connectivity index (χ0) is 31.9. The van der Waals surface area contributed by atoms with Crippen LogP contribution in [0.2, 0.25) is 0 Å². The maximum absolute atomic E-state index is 12.9. The molecule has 0 spiro atoms. The van der Waals surface area contributed by atoms with Gasteiger partial charge < -0.3 is 19.4 Å². The molecule has 8 bridgehead atoms. The van der Waals surface area contributed by atoms with Crippen LogP contribution in [0.25, 0.3) is 39.3 Å². The van der Waals surface area contributed by atoms with Crippen LogP contribution in [0, 0.1) is 13.8 Å². The number of aryl methyl sites for hydroxylation is 3. The average Bonchev–Trinajstić information content (AvgIpc) is 3.68. The van der Waals surface area contributed by atoms with Crippen LogP contribution in [0.15, 0.2) is 24.8 Å². The lowest BCUT2D eigenvalue weighted by Crippen LogP contribution is -2.13. The number of carbonyl (C=O) groups excluding carboxylic acids is 2. The number of fused-ring (bicyclic) bond motifs is 8. The second-order valence-electron chi connectivity index (χ2n) is 11.8. The highest BCUT2D eigenvalue weighted by Crippen LogP contribution is 2.43. The molecular formula is C36H42N4O4. The Balaban J connectivity index is 1.97. The minimum atomic E-state index is -0.367. The Hall–Kier alpha value is -4.46. The molecule has 0 radical (unpaired) electrons. The smallest absolute Gasteiger partial charge is 0.310 e. The van der Waals surface area contributed by atoms with Crippen LogP contribution in [-0.2, 0) is 31.9 Å². The molecule has 8 heteroatoms. The Labute approximate surface area is 258 Å². The van der Waals surface area contributed by atoms with Gasteiger partial charge in [-0.3, -0.25) is 14.6 Å². The van der Waals surface area contributed by atoms with Crippen molar-refractivity contribution in [2.24, 2.45) is 0 Å². The Bertz CT molecular complexity index is 1870. The fraction of sp³-hybridized carbons (Fsp3) is 0.389. The highest BCUT2D eigenvalue weighted by Gasteiger charge is 2.34. The molecule has 0 saturated carbocycles. The van der Waals surface area contributed by atoms with Crippen molar-refractivity contribution in [1.82, 2.24) is 19.9 Å². The molecule has 230 valence electrons. The van der Waals surface area contributed by atoms with E-state index in [1.807, 2.05) is 13.0 Å². The van der Waals surface area contributed by atoms with Gasteiger partial charge in [0.15, 0.2) is 0 Å². The number of esters is 2. The third-order valence-corrected chi connectivity index (χ3v) is 9.47. The molecule has 2 aliphatic rings.